The zero-order chi connectivity index (χ0) is 18.6. The van der Waals surface area contributed by atoms with Crippen LogP contribution in [0.5, 0.6) is 11.5 Å². The molecule has 1 aliphatic rings. The molecule has 0 saturated heterocycles. The van der Waals surface area contributed by atoms with Crippen molar-refractivity contribution in [1.29, 1.82) is 0 Å². The average Bonchev–Trinajstić information content (AvgIpc) is 3.16. The molecule has 0 radical (unpaired) electrons. The van der Waals surface area contributed by atoms with Gasteiger partial charge in [0.15, 0.2) is 11.5 Å². The summed E-state index contributed by atoms with van der Waals surface area (Å²) in [6.45, 7) is 0.501. The third-order valence-electron chi connectivity index (χ3n) is 4.08. The molecule has 4 rings (SSSR count). The van der Waals surface area contributed by atoms with E-state index in [1.54, 1.807) is 54.7 Å². The van der Waals surface area contributed by atoms with Gasteiger partial charge >= 0.3 is 0 Å². The number of hydrogen-bond donors (Lipinski definition) is 2. The number of halogens is 1. The van der Waals surface area contributed by atoms with Gasteiger partial charge in [-0.1, -0.05) is 18.2 Å². The number of anilines is 2. The van der Waals surface area contributed by atoms with Crippen molar-refractivity contribution in [3.63, 3.8) is 0 Å². The highest BCUT2D eigenvalue weighted by Gasteiger charge is 2.16. The van der Waals surface area contributed by atoms with Gasteiger partial charge in [0, 0.05) is 17.7 Å². The summed E-state index contributed by atoms with van der Waals surface area (Å²) in [6.07, 6.45) is 1.58. The van der Waals surface area contributed by atoms with E-state index < -0.39 is 0 Å². The van der Waals surface area contributed by atoms with Crippen molar-refractivity contribution < 1.29 is 18.7 Å². The van der Waals surface area contributed by atoms with E-state index in [1.165, 1.54) is 6.07 Å². The molecule has 3 aromatic rings. The number of rotatable bonds is 5. The number of hydrogen-bond acceptors (Lipinski definition) is 5. The lowest BCUT2D eigenvalue weighted by Crippen LogP contribution is -2.13. The Balaban J connectivity index is 1.37. The largest absolute Gasteiger partial charge is 0.454 e. The third-order valence-corrected chi connectivity index (χ3v) is 4.08. The first kappa shape index (κ1) is 16.8. The maximum atomic E-state index is 13.6. The van der Waals surface area contributed by atoms with E-state index >= 15 is 0 Å². The van der Waals surface area contributed by atoms with Gasteiger partial charge in [-0.05, 0) is 36.4 Å². The van der Waals surface area contributed by atoms with E-state index in [9.17, 15) is 9.18 Å². The Labute approximate surface area is 155 Å². The second-order valence-electron chi connectivity index (χ2n) is 5.90. The molecule has 0 unspecified atom stereocenters. The second kappa shape index (κ2) is 7.33. The Hall–Kier alpha value is -3.61. The molecule has 1 aliphatic heterocycles. The highest BCUT2D eigenvalue weighted by molar-refractivity contribution is 6.04. The number of ether oxygens (including phenoxy) is 2. The van der Waals surface area contributed by atoms with Crippen LogP contribution in [0.1, 0.15) is 15.9 Å². The number of fused-ring (bicyclic) bond motifs is 1. The van der Waals surface area contributed by atoms with Crippen molar-refractivity contribution in [2.24, 2.45) is 0 Å². The summed E-state index contributed by atoms with van der Waals surface area (Å²) in [7, 11) is 0. The SMILES string of the molecule is O=C(Nc1ccc(NCc2ccccc2F)cn1)c1ccc2c(c1)OCO2. The summed E-state index contributed by atoms with van der Waals surface area (Å²) in [4.78, 5) is 16.5. The van der Waals surface area contributed by atoms with E-state index in [0.717, 1.165) is 5.69 Å². The highest BCUT2D eigenvalue weighted by atomic mass is 19.1. The van der Waals surface area contributed by atoms with E-state index in [2.05, 4.69) is 15.6 Å². The van der Waals surface area contributed by atoms with Crippen LogP contribution in [0.3, 0.4) is 0 Å². The van der Waals surface area contributed by atoms with Gasteiger partial charge in [-0.3, -0.25) is 4.79 Å². The Morgan fingerprint density at radius 1 is 1.07 bits per heavy atom. The predicted molar refractivity (Wildman–Crippen MR) is 98.5 cm³/mol. The molecule has 0 spiro atoms. The number of amides is 1. The number of carbonyl (C=O) groups is 1. The van der Waals surface area contributed by atoms with Crippen molar-refractivity contribution in [2.75, 3.05) is 17.4 Å². The molecule has 7 heteroatoms. The first-order valence-corrected chi connectivity index (χ1v) is 8.33. The van der Waals surface area contributed by atoms with Gasteiger partial charge in [-0.2, -0.15) is 0 Å². The summed E-state index contributed by atoms with van der Waals surface area (Å²) in [5, 5.41) is 5.82. The van der Waals surface area contributed by atoms with Crippen LogP contribution in [-0.4, -0.2) is 17.7 Å². The molecule has 2 N–H and O–H groups in total. The summed E-state index contributed by atoms with van der Waals surface area (Å²) in [6, 6.07) is 15.0. The fraction of sp³-hybridized carbons (Fsp3) is 0.100. The van der Waals surface area contributed by atoms with Gasteiger partial charge in [0.2, 0.25) is 6.79 Å². The van der Waals surface area contributed by atoms with Crippen LogP contribution in [0.25, 0.3) is 0 Å². The molecule has 2 aromatic carbocycles. The number of pyridine rings is 1. The lowest BCUT2D eigenvalue weighted by atomic mass is 10.2. The molecule has 2 heterocycles. The molecule has 6 nitrogen and oxygen atoms in total. The van der Waals surface area contributed by atoms with E-state index in [-0.39, 0.29) is 18.5 Å². The van der Waals surface area contributed by atoms with Crippen LogP contribution in [0.15, 0.2) is 60.8 Å². The molecule has 27 heavy (non-hydrogen) atoms. The Bertz CT molecular complexity index is 976. The van der Waals surface area contributed by atoms with E-state index in [0.29, 0.717) is 35.0 Å². The van der Waals surface area contributed by atoms with Gasteiger partial charge in [-0.25, -0.2) is 9.37 Å². The molecule has 136 valence electrons. The predicted octanol–water partition coefficient (Wildman–Crippen LogP) is 3.81. The molecule has 1 aromatic heterocycles. The third kappa shape index (κ3) is 3.82. The van der Waals surface area contributed by atoms with Crippen LogP contribution in [-0.2, 0) is 6.54 Å². The van der Waals surface area contributed by atoms with Crippen molar-refractivity contribution in [3.05, 3.63) is 77.7 Å². The average molecular weight is 365 g/mol. The molecule has 0 saturated carbocycles. The number of carbonyl (C=O) groups excluding carboxylic acids is 1. The molecule has 1 amide bonds. The molecule has 0 bridgehead atoms. The quantitative estimate of drug-likeness (QED) is 0.719. The van der Waals surface area contributed by atoms with E-state index in [4.69, 9.17) is 9.47 Å². The lowest BCUT2D eigenvalue weighted by molar-refractivity contribution is 0.102. The Kier molecular flexibility index (Phi) is 4.57. The van der Waals surface area contributed by atoms with Gasteiger partial charge in [-0.15, -0.1) is 0 Å². The highest BCUT2D eigenvalue weighted by Crippen LogP contribution is 2.32. The topological polar surface area (TPSA) is 72.5 Å². The van der Waals surface area contributed by atoms with Gasteiger partial charge in [0.25, 0.3) is 5.91 Å². The molecule has 0 aliphatic carbocycles. The summed E-state index contributed by atoms with van der Waals surface area (Å²) < 4.78 is 24.1. The standard InChI is InChI=1S/C20H16FN3O3/c21-16-4-2-1-3-14(16)10-22-15-6-8-19(23-11-15)24-20(25)13-5-7-17-18(9-13)27-12-26-17/h1-9,11,22H,10,12H2,(H,23,24,25). The number of aromatic nitrogens is 1. The summed E-state index contributed by atoms with van der Waals surface area (Å²) in [5.74, 6) is 1.02. The summed E-state index contributed by atoms with van der Waals surface area (Å²) >= 11 is 0. The van der Waals surface area contributed by atoms with Crippen LogP contribution in [0.4, 0.5) is 15.9 Å². The number of benzene rings is 2. The normalized spacial score (nSPS) is 11.9. The van der Waals surface area contributed by atoms with Crippen LogP contribution >= 0.6 is 0 Å². The first-order chi connectivity index (χ1) is 13.2. The van der Waals surface area contributed by atoms with Crippen molar-refractivity contribution in [2.45, 2.75) is 6.54 Å². The number of nitrogens with one attached hydrogen (secondary N) is 2. The Morgan fingerprint density at radius 3 is 2.74 bits per heavy atom. The maximum Gasteiger partial charge on any atom is 0.256 e. The van der Waals surface area contributed by atoms with E-state index in [1.807, 2.05) is 0 Å². The van der Waals surface area contributed by atoms with Gasteiger partial charge < -0.3 is 20.1 Å². The zero-order valence-electron chi connectivity index (χ0n) is 14.2. The summed E-state index contributed by atoms with van der Waals surface area (Å²) in [5.41, 5.74) is 1.74. The van der Waals surface area contributed by atoms with Gasteiger partial charge in [0.1, 0.15) is 11.6 Å². The van der Waals surface area contributed by atoms with Crippen molar-refractivity contribution in [1.82, 2.24) is 4.98 Å². The van der Waals surface area contributed by atoms with Crippen LogP contribution in [0, 0.1) is 5.82 Å². The van der Waals surface area contributed by atoms with Gasteiger partial charge in [0.05, 0.1) is 11.9 Å². The van der Waals surface area contributed by atoms with Crippen molar-refractivity contribution >= 4 is 17.4 Å². The minimum absolute atomic E-state index is 0.156. The smallest absolute Gasteiger partial charge is 0.256 e. The maximum absolute atomic E-state index is 13.6. The monoisotopic (exact) mass is 365 g/mol. The molecular formula is C20H16FN3O3. The zero-order valence-corrected chi connectivity index (χ0v) is 14.2. The molecule has 0 atom stereocenters. The lowest BCUT2D eigenvalue weighted by Gasteiger charge is -2.09. The second-order valence-corrected chi connectivity index (χ2v) is 5.90. The Morgan fingerprint density at radius 2 is 1.93 bits per heavy atom. The minimum atomic E-state index is -0.298. The molecule has 0 fully saturated rings. The first-order valence-electron chi connectivity index (χ1n) is 8.33. The minimum Gasteiger partial charge on any atom is -0.454 e. The number of nitrogens with zero attached hydrogens (tertiary/aromatic N) is 1. The van der Waals surface area contributed by atoms with Crippen molar-refractivity contribution in [3.8, 4) is 11.5 Å². The fourth-order valence-electron chi connectivity index (χ4n) is 2.64. The van der Waals surface area contributed by atoms with Crippen LogP contribution < -0.4 is 20.1 Å². The molecular weight excluding hydrogens is 349 g/mol. The fourth-order valence-corrected chi connectivity index (χ4v) is 2.64. The van der Waals surface area contributed by atoms with Crippen LogP contribution in [0.2, 0.25) is 0 Å².